The standard InChI is InChI=1S/C9H14N2O2/c12-8-3-4-9(13)11(8)7-2-1-5-10-6-7/h7,10H,1-6H2/t7-/m0/s1. The fraction of sp³-hybridized carbons (Fsp3) is 0.778. The number of nitrogens with one attached hydrogen (secondary N) is 1. The fourth-order valence-corrected chi connectivity index (χ4v) is 2.05. The van der Waals surface area contributed by atoms with E-state index in [0.717, 1.165) is 25.9 Å². The molecule has 1 N–H and O–H groups in total. The number of imide groups is 1. The van der Waals surface area contributed by atoms with Crippen LogP contribution in [0.3, 0.4) is 0 Å². The summed E-state index contributed by atoms with van der Waals surface area (Å²) in [6, 6.07) is 0.122. The summed E-state index contributed by atoms with van der Waals surface area (Å²) in [5, 5.41) is 3.21. The van der Waals surface area contributed by atoms with Gasteiger partial charge >= 0.3 is 0 Å². The summed E-state index contributed by atoms with van der Waals surface area (Å²) in [6.07, 6.45) is 2.84. The van der Waals surface area contributed by atoms with Gasteiger partial charge in [-0.05, 0) is 19.4 Å². The number of carbonyl (C=O) groups excluding carboxylic acids is 2. The molecule has 2 saturated heterocycles. The van der Waals surface area contributed by atoms with Gasteiger partial charge in [0.2, 0.25) is 11.8 Å². The smallest absolute Gasteiger partial charge is 0.229 e. The number of rotatable bonds is 1. The Labute approximate surface area is 77.3 Å². The van der Waals surface area contributed by atoms with Crippen molar-refractivity contribution in [1.82, 2.24) is 10.2 Å². The zero-order valence-corrected chi connectivity index (χ0v) is 7.58. The Morgan fingerprint density at radius 3 is 2.46 bits per heavy atom. The van der Waals surface area contributed by atoms with Gasteiger partial charge in [-0.25, -0.2) is 0 Å². The predicted octanol–water partition coefficient (Wildman–Crippen LogP) is -0.113. The quantitative estimate of drug-likeness (QED) is 0.575. The summed E-state index contributed by atoms with van der Waals surface area (Å²) in [6.45, 7) is 1.78. The van der Waals surface area contributed by atoms with Crippen molar-refractivity contribution in [3.8, 4) is 0 Å². The van der Waals surface area contributed by atoms with Gasteiger partial charge in [0.15, 0.2) is 0 Å². The molecule has 2 rings (SSSR count). The van der Waals surface area contributed by atoms with E-state index < -0.39 is 0 Å². The summed E-state index contributed by atoms with van der Waals surface area (Å²) >= 11 is 0. The first kappa shape index (κ1) is 8.69. The van der Waals surface area contributed by atoms with Crippen LogP contribution in [0.2, 0.25) is 0 Å². The van der Waals surface area contributed by atoms with Gasteiger partial charge in [-0.3, -0.25) is 14.5 Å². The van der Waals surface area contributed by atoms with Crippen molar-refractivity contribution in [3.63, 3.8) is 0 Å². The highest BCUT2D eigenvalue weighted by Crippen LogP contribution is 2.19. The lowest BCUT2D eigenvalue weighted by Crippen LogP contribution is -2.48. The molecule has 0 spiro atoms. The number of piperidine rings is 1. The van der Waals surface area contributed by atoms with Gasteiger partial charge in [-0.15, -0.1) is 0 Å². The van der Waals surface area contributed by atoms with E-state index in [1.54, 1.807) is 0 Å². The van der Waals surface area contributed by atoms with Crippen molar-refractivity contribution < 1.29 is 9.59 Å². The van der Waals surface area contributed by atoms with Gasteiger partial charge in [-0.1, -0.05) is 0 Å². The molecule has 0 bridgehead atoms. The van der Waals surface area contributed by atoms with Crippen molar-refractivity contribution >= 4 is 11.8 Å². The zero-order chi connectivity index (χ0) is 9.26. The van der Waals surface area contributed by atoms with E-state index in [0.29, 0.717) is 12.8 Å². The molecule has 0 aromatic rings. The predicted molar refractivity (Wildman–Crippen MR) is 47.0 cm³/mol. The van der Waals surface area contributed by atoms with Crippen LogP contribution in [0.25, 0.3) is 0 Å². The molecule has 1 atom stereocenters. The van der Waals surface area contributed by atoms with Crippen LogP contribution < -0.4 is 5.32 Å². The van der Waals surface area contributed by atoms with Gasteiger partial charge in [0.05, 0.1) is 6.04 Å². The van der Waals surface area contributed by atoms with Crippen LogP contribution in [0, 0.1) is 0 Å². The minimum absolute atomic E-state index is 0.0127. The first-order valence-electron chi connectivity index (χ1n) is 4.84. The van der Waals surface area contributed by atoms with Crippen LogP contribution in [0.4, 0.5) is 0 Å². The topological polar surface area (TPSA) is 49.4 Å². The molecule has 0 saturated carbocycles. The number of likely N-dealkylation sites (tertiary alicyclic amines) is 1. The lowest BCUT2D eigenvalue weighted by atomic mass is 10.1. The Bertz CT molecular complexity index is 218. The van der Waals surface area contributed by atoms with Crippen LogP contribution in [0.1, 0.15) is 25.7 Å². The number of carbonyl (C=O) groups is 2. The highest BCUT2D eigenvalue weighted by atomic mass is 16.2. The number of nitrogens with zero attached hydrogens (tertiary/aromatic N) is 1. The Hall–Kier alpha value is -0.900. The lowest BCUT2D eigenvalue weighted by Gasteiger charge is -2.29. The van der Waals surface area contributed by atoms with Crippen molar-refractivity contribution in [2.24, 2.45) is 0 Å². The molecule has 2 amide bonds. The maximum atomic E-state index is 11.4. The van der Waals surface area contributed by atoms with E-state index in [-0.39, 0.29) is 17.9 Å². The molecule has 0 radical (unpaired) electrons. The van der Waals surface area contributed by atoms with E-state index in [1.165, 1.54) is 4.90 Å². The molecule has 2 heterocycles. The summed E-state index contributed by atoms with van der Waals surface area (Å²) < 4.78 is 0. The van der Waals surface area contributed by atoms with Crippen molar-refractivity contribution in [2.75, 3.05) is 13.1 Å². The van der Waals surface area contributed by atoms with E-state index in [2.05, 4.69) is 5.32 Å². The largest absolute Gasteiger partial charge is 0.315 e. The first-order valence-corrected chi connectivity index (χ1v) is 4.84. The Morgan fingerprint density at radius 2 is 1.92 bits per heavy atom. The molecule has 0 aromatic carbocycles. The number of hydrogen-bond acceptors (Lipinski definition) is 3. The summed E-state index contributed by atoms with van der Waals surface area (Å²) in [4.78, 5) is 24.2. The Morgan fingerprint density at radius 1 is 1.23 bits per heavy atom. The molecule has 13 heavy (non-hydrogen) atoms. The summed E-state index contributed by atoms with van der Waals surface area (Å²) in [5.74, 6) is 0.0254. The van der Waals surface area contributed by atoms with E-state index in [9.17, 15) is 9.59 Å². The van der Waals surface area contributed by atoms with Crippen molar-refractivity contribution in [3.05, 3.63) is 0 Å². The molecule has 2 aliphatic heterocycles. The van der Waals surface area contributed by atoms with Gasteiger partial charge in [0, 0.05) is 19.4 Å². The maximum Gasteiger partial charge on any atom is 0.229 e. The lowest BCUT2D eigenvalue weighted by molar-refractivity contribution is -0.141. The Kier molecular flexibility index (Phi) is 2.31. The van der Waals surface area contributed by atoms with Crippen molar-refractivity contribution in [2.45, 2.75) is 31.7 Å². The van der Waals surface area contributed by atoms with Gasteiger partial charge in [0.25, 0.3) is 0 Å². The van der Waals surface area contributed by atoms with Crippen LogP contribution in [0.5, 0.6) is 0 Å². The van der Waals surface area contributed by atoms with Crippen LogP contribution in [-0.4, -0.2) is 35.8 Å². The van der Waals surface area contributed by atoms with Crippen LogP contribution >= 0.6 is 0 Å². The molecule has 4 heteroatoms. The Balaban J connectivity index is 2.05. The molecular weight excluding hydrogens is 168 g/mol. The average Bonchev–Trinajstić information content (AvgIpc) is 2.48. The zero-order valence-electron chi connectivity index (χ0n) is 7.58. The third-order valence-electron chi connectivity index (χ3n) is 2.73. The van der Waals surface area contributed by atoms with Gasteiger partial charge < -0.3 is 5.32 Å². The van der Waals surface area contributed by atoms with E-state index >= 15 is 0 Å². The third-order valence-corrected chi connectivity index (χ3v) is 2.73. The van der Waals surface area contributed by atoms with Crippen molar-refractivity contribution in [1.29, 1.82) is 0 Å². The highest BCUT2D eigenvalue weighted by Gasteiger charge is 2.35. The van der Waals surface area contributed by atoms with Crippen LogP contribution in [-0.2, 0) is 9.59 Å². The van der Waals surface area contributed by atoms with Gasteiger partial charge in [0.1, 0.15) is 0 Å². The molecule has 4 nitrogen and oxygen atoms in total. The SMILES string of the molecule is O=C1CCC(=O)N1[C@H]1CCCNC1. The van der Waals surface area contributed by atoms with E-state index in [1.807, 2.05) is 0 Å². The number of amides is 2. The number of hydrogen-bond donors (Lipinski definition) is 1. The normalized spacial score (nSPS) is 29.8. The highest BCUT2D eigenvalue weighted by molar-refractivity contribution is 6.02. The molecule has 0 aromatic heterocycles. The average molecular weight is 182 g/mol. The van der Waals surface area contributed by atoms with E-state index in [4.69, 9.17) is 0 Å². The van der Waals surface area contributed by atoms with Crippen LogP contribution in [0.15, 0.2) is 0 Å². The van der Waals surface area contributed by atoms with Gasteiger partial charge in [-0.2, -0.15) is 0 Å². The second-order valence-electron chi connectivity index (χ2n) is 3.66. The molecule has 2 fully saturated rings. The minimum atomic E-state index is 0.0127. The summed E-state index contributed by atoms with van der Waals surface area (Å²) in [7, 11) is 0. The molecule has 72 valence electrons. The molecule has 0 aliphatic carbocycles. The first-order chi connectivity index (χ1) is 6.29. The summed E-state index contributed by atoms with van der Waals surface area (Å²) in [5.41, 5.74) is 0. The third kappa shape index (κ3) is 1.58. The minimum Gasteiger partial charge on any atom is -0.315 e. The molecule has 2 aliphatic rings. The monoisotopic (exact) mass is 182 g/mol. The molecule has 0 unspecified atom stereocenters. The second kappa shape index (κ2) is 3.46. The fourth-order valence-electron chi connectivity index (χ4n) is 2.05. The molecular formula is C9H14N2O2. The maximum absolute atomic E-state index is 11.4. The second-order valence-corrected chi connectivity index (χ2v) is 3.66.